The maximum Gasteiger partial charge on any atom is 0.123 e. The Kier molecular flexibility index (Phi) is 6.09. The van der Waals surface area contributed by atoms with Gasteiger partial charge in [0.15, 0.2) is 0 Å². The number of rotatable bonds is 6. The summed E-state index contributed by atoms with van der Waals surface area (Å²) in [6.45, 7) is 6.10. The number of benzene rings is 1. The minimum absolute atomic E-state index is 0.105. The lowest BCUT2D eigenvalue weighted by atomic mass is 9.92. The second-order valence-corrected chi connectivity index (χ2v) is 6.30. The Bertz CT molecular complexity index is 452. The summed E-state index contributed by atoms with van der Waals surface area (Å²) in [5.41, 5.74) is 1.23. The van der Waals surface area contributed by atoms with Crippen molar-refractivity contribution in [2.75, 3.05) is 6.61 Å². The zero-order chi connectivity index (χ0) is 15.2. The van der Waals surface area contributed by atoms with Crippen LogP contribution in [0.5, 0.6) is 5.75 Å². The topological polar surface area (TPSA) is 41.5 Å². The molecular formula is C17H24ClNO2. The molecule has 2 N–H and O–H groups in total. The van der Waals surface area contributed by atoms with Gasteiger partial charge in [-0.25, -0.2) is 0 Å². The highest BCUT2D eigenvalue weighted by atomic mass is 35.5. The van der Waals surface area contributed by atoms with Crippen LogP contribution >= 0.6 is 11.6 Å². The van der Waals surface area contributed by atoms with Gasteiger partial charge in [0, 0.05) is 17.1 Å². The lowest BCUT2D eigenvalue weighted by Gasteiger charge is -2.29. The molecule has 116 valence electrons. The molecule has 4 heteroatoms. The number of nitrogens with one attached hydrogen (secondary N) is 1. The molecule has 0 radical (unpaired) electrons. The van der Waals surface area contributed by atoms with Crippen LogP contribution in [0, 0.1) is 0 Å². The van der Waals surface area contributed by atoms with Crippen molar-refractivity contribution >= 4 is 11.6 Å². The van der Waals surface area contributed by atoms with Crippen LogP contribution in [0.1, 0.15) is 44.2 Å². The van der Waals surface area contributed by atoms with Crippen molar-refractivity contribution in [3.63, 3.8) is 0 Å². The summed E-state index contributed by atoms with van der Waals surface area (Å²) in [7, 11) is 0. The van der Waals surface area contributed by atoms with Gasteiger partial charge in [-0.15, -0.1) is 0 Å². The van der Waals surface area contributed by atoms with Crippen molar-refractivity contribution in [2.45, 2.75) is 50.8 Å². The Morgan fingerprint density at radius 2 is 1.95 bits per heavy atom. The molecule has 0 heterocycles. The van der Waals surface area contributed by atoms with Gasteiger partial charge in [0.1, 0.15) is 12.4 Å². The summed E-state index contributed by atoms with van der Waals surface area (Å²) in [6.07, 6.45) is 3.79. The lowest BCUT2D eigenvalue weighted by Crippen LogP contribution is -2.36. The number of ether oxygens (including phenoxy) is 1. The molecule has 2 rings (SSSR count). The van der Waals surface area contributed by atoms with Gasteiger partial charge in [0.05, 0.1) is 6.10 Å². The molecule has 1 saturated carbocycles. The Labute approximate surface area is 132 Å². The second kappa shape index (κ2) is 7.83. The largest absolute Gasteiger partial charge is 0.488 e. The van der Waals surface area contributed by atoms with E-state index in [1.165, 1.54) is 5.56 Å². The molecule has 1 aromatic rings. The van der Waals surface area contributed by atoms with Gasteiger partial charge in [-0.2, -0.15) is 0 Å². The maximum absolute atomic E-state index is 9.54. The molecule has 0 bridgehead atoms. The fraction of sp³-hybridized carbons (Fsp3) is 0.529. The summed E-state index contributed by atoms with van der Waals surface area (Å²) in [5, 5.41) is 13.7. The number of hydrogen-bond donors (Lipinski definition) is 2. The molecule has 0 spiro atoms. The fourth-order valence-corrected chi connectivity index (χ4v) is 2.76. The number of halogens is 1. The first kappa shape index (κ1) is 16.3. The van der Waals surface area contributed by atoms with E-state index in [9.17, 15) is 5.11 Å². The Morgan fingerprint density at radius 3 is 2.52 bits per heavy atom. The molecule has 1 fully saturated rings. The van der Waals surface area contributed by atoms with Crippen molar-refractivity contribution in [1.82, 2.24) is 5.32 Å². The Morgan fingerprint density at radius 1 is 1.33 bits per heavy atom. The van der Waals surface area contributed by atoms with Crippen LogP contribution in [0.15, 0.2) is 35.9 Å². The van der Waals surface area contributed by atoms with E-state index in [0.717, 1.165) is 31.4 Å². The van der Waals surface area contributed by atoms with E-state index in [1.54, 1.807) is 0 Å². The average Bonchev–Trinajstić information content (AvgIpc) is 2.48. The summed E-state index contributed by atoms with van der Waals surface area (Å²) in [6, 6.07) is 8.85. The molecule has 0 amide bonds. The van der Waals surface area contributed by atoms with Crippen molar-refractivity contribution < 1.29 is 9.84 Å². The summed E-state index contributed by atoms with van der Waals surface area (Å²) in [5.74, 6) is 0.800. The number of hydrogen-bond acceptors (Lipinski definition) is 3. The first-order valence-corrected chi connectivity index (χ1v) is 7.92. The van der Waals surface area contributed by atoms with Crippen LogP contribution in [0.4, 0.5) is 0 Å². The highest BCUT2D eigenvalue weighted by Gasteiger charge is 2.20. The van der Waals surface area contributed by atoms with Crippen LogP contribution in [0.3, 0.4) is 0 Å². The second-order valence-electron chi connectivity index (χ2n) is 5.77. The highest BCUT2D eigenvalue weighted by Crippen LogP contribution is 2.23. The minimum atomic E-state index is -0.105. The van der Waals surface area contributed by atoms with Crippen LogP contribution in [-0.4, -0.2) is 23.9 Å². The van der Waals surface area contributed by atoms with Gasteiger partial charge < -0.3 is 15.2 Å². The average molecular weight is 310 g/mol. The van der Waals surface area contributed by atoms with Gasteiger partial charge in [0.25, 0.3) is 0 Å². The predicted octanol–water partition coefficient (Wildman–Crippen LogP) is 3.77. The third kappa shape index (κ3) is 5.34. The molecule has 1 atom stereocenters. The van der Waals surface area contributed by atoms with Crippen LogP contribution in [0.25, 0.3) is 0 Å². The normalized spacial score (nSPS) is 23.6. The molecule has 21 heavy (non-hydrogen) atoms. The van der Waals surface area contributed by atoms with E-state index in [-0.39, 0.29) is 6.10 Å². The Balaban J connectivity index is 1.84. The minimum Gasteiger partial charge on any atom is -0.488 e. The third-order valence-electron chi connectivity index (χ3n) is 3.96. The number of aliphatic hydroxyl groups excluding tert-OH is 1. The third-order valence-corrected chi connectivity index (χ3v) is 4.07. The predicted molar refractivity (Wildman–Crippen MR) is 86.7 cm³/mol. The molecule has 1 unspecified atom stereocenters. The van der Waals surface area contributed by atoms with Gasteiger partial charge in [0.2, 0.25) is 0 Å². The molecule has 1 aliphatic rings. The van der Waals surface area contributed by atoms with Crippen LogP contribution in [-0.2, 0) is 0 Å². The molecule has 0 saturated heterocycles. The van der Waals surface area contributed by atoms with Crippen molar-refractivity contribution in [3.05, 3.63) is 41.4 Å². The quantitative estimate of drug-likeness (QED) is 0.840. The van der Waals surface area contributed by atoms with E-state index in [0.29, 0.717) is 23.7 Å². The zero-order valence-electron chi connectivity index (χ0n) is 12.5. The van der Waals surface area contributed by atoms with Gasteiger partial charge in [-0.1, -0.05) is 30.3 Å². The monoisotopic (exact) mass is 309 g/mol. The maximum atomic E-state index is 9.54. The van der Waals surface area contributed by atoms with E-state index in [2.05, 4.69) is 31.0 Å². The van der Waals surface area contributed by atoms with Crippen molar-refractivity contribution in [3.8, 4) is 5.75 Å². The van der Waals surface area contributed by atoms with Gasteiger partial charge in [-0.3, -0.25) is 0 Å². The molecule has 3 nitrogen and oxygen atoms in total. The van der Waals surface area contributed by atoms with E-state index in [1.807, 2.05) is 12.1 Å². The highest BCUT2D eigenvalue weighted by molar-refractivity contribution is 6.29. The first-order valence-electron chi connectivity index (χ1n) is 7.54. The SMILES string of the molecule is C=C(Cl)COc1ccc(C(C)NC2CCC(O)CC2)cc1. The zero-order valence-corrected chi connectivity index (χ0v) is 13.3. The lowest BCUT2D eigenvalue weighted by molar-refractivity contribution is 0.114. The smallest absolute Gasteiger partial charge is 0.123 e. The van der Waals surface area contributed by atoms with E-state index in [4.69, 9.17) is 16.3 Å². The molecule has 0 aromatic heterocycles. The first-order chi connectivity index (χ1) is 10.0. The summed E-state index contributed by atoms with van der Waals surface area (Å²) in [4.78, 5) is 0. The fourth-order valence-electron chi connectivity index (χ4n) is 2.71. The van der Waals surface area contributed by atoms with Crippen LogP contribution in [0.2, 0.25) is 0 Å². The van der Waals surface area contributed by atoms with Crippen molar-refractivity contribution in [1.29, 1.82) is 0 Å². The van der Waals surface area contributed by atoms with E-state index < -0.39 is 0 Å². The van der Waals surface area contributed by atoms with Crippen LogP contribution < -0.4 is 10.1 Å². The molecule has 1 aromatic carbocycles. The molecule has 1 aliphatic carbocycles. The van der Waals surface area contributed by atoms with Crippen molar-refractivity contribution in [2.24, 2.45) is 0 Å². The van der Waals surface area contributed by atoms with Gasteiger partial charge in [-0.05, 0) is 50.3 Å². The molecular weight excluding hydrogens is 286 g/mol. The van der Waals surface area contributed by atoms with Gasteiger partial charge >= 0.3 is 0 Å². The number of aliphatic hydroxyl groups is 1. The standard InChI is InChI=1S/C17H24ClNO2/c1-12(18)11-21-17-9-3-14(4-10-17)13(2)19-15-5-7-16(20)8-6-15/h3-4,9-10,13,15-16,19-20H,1,5-8,11H2,2H3. The molecule has 0 aliphatic heterocycles. The summed E-state index contributed by atoms with van der Waals surface area (Å²) >= 11 is 5.68. The summed E-state index contributed by atoms with van der Waals surface area (Å²) < 4.78 is 5.48. The van der Waals surface area contributed by atoms with E-state index >= 15 is 0 Å². The Hall–Kier alpha value is -1.03.